The molecule has 1 fully saturated rings. The van der Waals surface area contributed by atoms with E-state index in [4.69, 9.17) is 0 Å². The van der Waals surface area contributed by atoms with E-state index in [0.717, 1.165) is 53.0 Å². The van der Waals surface area contributed by atoms with Crippen molar-refractivity contribution in [2.75, 3.05) is 10.2 Å². The molecule has 0 aliphatic heterocycles. The van der Waals surface area contributed by atoms with E-state index in [2.05, 4.69) is 17.2 Å². The maximum absolute atomic E-state index is 13.5. The fraction of sp³-hybridized carbons (Fsp3) is 0.379. The molecule has 2 aromatic heterocycles. The molecule has 194 valence electrons. The van der Waals surface area contributed by atoms with E-state index in [0.29, 0.717) is 23.0 Å². The number of carboxylic acids is 1. The van der Waals surface area contributed by atoms with E-state index in [1.165, 1.54) is 0 Å². The highest BCUT2D eigenvalue weighted by Gasteiger charge is 2.33. The minimum atomic E-state index is -1.04. The lowest BCUT2D eigenvalue weighted by molar-refractivity contribution is -0.123. The van der Waals surface area contributed by atoms with Crippen LogP contribution in [-0.4, -0.2) is 33.9 Å². The average Bonchev–Trinajstić information content (AvgIpc) is 3.30. The number of aromatic nitrogens is 1. The van der Waals surface area contributed by atoms with Gasteiger partial charge in [-0.3, -0.25) is 14.6 Å². The first kappa shape index (κ1) is 26.5. The van der Waals surface area contributed by atoms with Crippen LogP contribution in [0.2, 0.25) is 0 Å². The molecule has 3 aromatic rings. The Morgan fingerprint density at radius 2 is 1.76 bits per heavy atom. The number of benzene rings is 1. The molecule has 2 N–H and O–H groups in total. The number of anilines is 2. The van der Waals surface area contributed by atoms with Crippen LogP contribution in [-0.2, 0) is 4.79 Å². The average molecular weight is 520 g/mol. The van der Waals surface area contributed by atoms with Crippen LogP contribution in [0.1, 0.15) is 72.2 Å². The highest BCUT2D eigenvalue weighted by atomic mass is 32.1. The van der Waals surface area contributed by atoms with Gasteiger partial charge in [0.2, 0.25) is 5.91 Å². The summed E-state index contributed by atoms with van der Waals surface area (Å²) in [4.78, 5) is 45.1. The van der Waals surface area contributed by atoms with Crippen molar-refractivity contribution in [2.24, 2.45) is 11.8 Å². The Balaban J connectivity index is 1.58. The van der Waals surface area contributed by atoms with E-state index < -0.39 is 5.97 Å². The standard InChI is InChI=1S/C29H33N3O4S/c1-17(2)32(28(34)21-9-7-18(3)8-10-21)23-16-24(37-26(23)29(35)36)20-11-13-22(14-12-20)31-27(33)25-19(4)6-5-15-30-25/h5-6,11-18,21H,7-10H2,1-4H3,(H,31,33)(H,35,36). The number of hydrogen-bond acceptors (Lipinski definition) is 5. The Kier molecular flexibility index (Phi) is 8.07. The number of carbonyl (C=O) groups excluding carboxylic acids is 2. The zero-order chi connectivity index (χ0) is 26.7. The van der Waals surface area contributed by atoms with Gasteiger partial charge in [0.1, 0.15) is 10.6 Å². The van der Waals surface area contributed by atoms with E-state index in [1.54, 1.807) is 29.3 Å². The highest BCUT2D eigenvalue weighted by molar-refractivity contribution is 7.18. The Morgan fingerprint density at radius 3 is 2.35 bits per heavy atom. The lowest BCUT2D eigenvalue weighted by Crippen LogP contribution is -2.42. The first-order chi connectivity index (χ1) is 17.7. The van der Waals surface area contributed by atoms with Gasteiger partial charge in [0.15, 0.2) is 0 Å². The molecule has 0 bridgehead atoms. The van der Waals surface area contributed by atoms with Crippen LogP contribution in [0.3, 0.4) is 0 Å². The third-order valence-electron chi connectivity index (χ3n) is 6.94. The molecular weight excluding hydrogens is 486 g/mol. The van der Waals surface area contributed by atoms with Crippen LogP contribution < -0.4 is 10.2 Å². The molecule has 1 aliphatic rings. The summed E-state index contributed by atoms with van der Waals surface area (Å²) in [6.07, 6.45) is 5.30. The molecule has 1 aromatic carbocycles. The van der Waals surface area contributed by atoms with Crippen LogP contribution in [0.5, 0.6) is 0 Å². The molecule has 8 heteroatoms. The Bertz CT molecular complexity index is 1290. The molecule has 4 rings (SSSR count). The van der Waals surface area contributed by atoms with Crippen molar-refractivity contribution in [3.8, 4) is 10.4 Å². The molecule has 1 saturated carbocycles. The van der Waals surface area contributed by atoms with Crippen LogP contribution in [0, 0.1) is 18.8 Å². The maximum Gasteiger partial charge on any atom is 0.348 e. The summed E-state index contributed by atoms with van der Waals surface area (Å²) < 4.78 is 0. The number of hydrogen-bond donors (Lipinski definition) is 2. The molecule has 37 heavy (non-hydrogen) atoms. The molecule has 2 heterocycles. The van der Waals surface area contributed by atoms with Crippen LogP contribution in [0.25, 0.3) is 10.4 Å². The third-order valence-corrected chi connectivity index (χ3v) is 8.10. The van der Waals surface area contributed by atoms with E-state index in [-0.39, 0.29) is 28.7 Å². The quantitative estimate of drug-likeness (QED) is 0.365. The molecule has 2 amide bonds. The van der Waals surface area contributed by atoms with Gasteiger partial charge in [-0.25, -0.2) is 4.79 Å². The van der Waals surface area contributed by atoms with Gasteiger partial charge in [0.05, 0.1) is 5.69 Å². The van der Waals surface area contributed by atoms with E-state index in [9.17, 15) is 19.5 Å². The molecule has 0 saturated heterocycles. The van der Waals surface area contributed by atoms with Crippen molar-refractivity contribution in [1.82, 2.24) is 4.98 Å². The highest BCUT2D eigenvalue weighted by Crippen LogP contribution is 2.40. The normalized spacial score (nSPS) is 17.4. The molecule has 0 radical (unpaired) electrons. The minimum Gasteiger partial charge on any atom is -0.477 e. The van der Waals surface area contributed by atoms with Crippen molar-refractivity contribution >= 4 is 40.5 Å². The van der Waals surface area contributed by atoms with Gasteiger partial charge in [-0.15, -0.1) is 11.3 Å². The summed E-state index contributed by atoms with van der Waals surface area (Å²) in [5.74, 6) is -0.775. The second kappa shape index (κ2) is 11.3. The number of carbonyl (C=O) groups is 3. The number of pyridine rings is 1. The van der Waals surface area contributed by atoms with Crippen LogP contribution in [0.15, 0.2) is 48.7 Å². The summed E-state index contributed by atoms with van der Waals surface area (Å²) in [7, 11) is 0. The number of thiophene rings is 1. The van der Waals surface area contributed by atoms with Gasteiger partial charge in [0.25, 0.3) is 5.91 Å². The Labute approximate surface area is 221 Å². The molecule has 0 unspecified atom stereocenters. The predicted octanol–water partition coefficient (Wildman–Crippen LogP) is 6.64. The molecular formula is C29H33N3O4S. The number of rotatable bonds is 7. The van der Waals surface area contributed by atoms with Crippen LogP contribution in [0.4, 0.5) is 11.4 Å². The fourth-order valence-electron chi connectivity index (χ4n) is 4.84. The van der Waals surface area contributed by atoms with E-state index >= 15 is 0 Å². The first-order valence-corrected chi connectivity index (χ1v) is 13.5. The second-order valence-electron chi connectivity index (χ2n) is 10.1. The smallest absolute Gasteiger partial charge is 0.348 e. The zero-order valence-corrected chi connectivity index (χ0v) is 22.5. The van der Waals surface area contributed by atoms with Gasteiger partial charge in [-0.2, -0.15) is 0 Å². The third kappa shape index (κ3) is 5.91. The molecule has 0 atom stereocenters. The van der Waals surface area contributed by atoms with Crippen molar-refractivity contribution in [1.29, 1.82) is 0 Å². The summed E-state index contributed by atoms with van der Waals surface area (Å²) in [5.41, 5.74) is 3.03. The topological polar surface area (TPSA) is 99.6 Å². The summed E-state index contributed by atoms with van der Waals surface area (Å²) in [6, 6.07) is 12.5. The lowest BCUT2D eigenvalue weighted by atomic mass is 9.82. The number of amides is 2. The van der Waals surface area contributed by atoms with Gasteiger partial charge in [-0.1, -0.05) is 25.1 Å². The lowest BCUT2D eigenvalue weighted by Gasteiger charge is -2.33. The molecule has 0 spiro atoms. The zero-order valence-electron chi connectivity index (χ0n) is 21.7. The SMILES string of the molecule is Cc1cccnc1C(=O)Nc1ccc(-c2cc(N(C(=O)C3CCC(C)CC3)C(C)C)c(C(=O)O)s2)cc1. The minimum absolute atomic E-state index is 0.0108. The second-order valence-corrected chi connectivity index (χ2v) is 11.1. The number of carboxylic acid groups (broad SMARTS) is 1. The molecule has 1 aliphatic carbocycles. The number of aryl methyl sites for hydroxylation is 1. The van der Waals surface area contributed by atoms with Crippen molar-refractivity contribution in [2.45, 2.75) is 59.4 Å². The monoisotopic (exact) mass is 519 g/mol. The summed E-state index contributed by atoms with van der Waals surface area (Å²) in [6.45, 7) is 7.89. The van der Waals surface area contributed by atoms with Gasteiger partial charge in [0, 0.05) is 28.7 Å². The van der Waals surface area contributed by atoms with Crippen molar-refractivity contribution < 1.29 is 19.5 Å². The van der Waals surface area contributed by atoms with E-state index in [1.807, 2.05) is 45.0 Å². The fourth-order valence-corrected chi connectivity index (χ4v) is 5.84. The Morgan fingerprint density at radius 1 is 1.08 bits per heavy atom. The summed E-state index contributed by atoms with van der Waals surface area (Å²) >= 11 is 1.16. The van der Waals surface area contributed by atoms with Gasteiger partial charge in [-0.05, 0) is 87.8 Å². The Hall–Kier alpha value is -3.52. The van der Waals surface area contributed by atoms with Gasteiger partial charge < -0.3 is 15.3 Å². The van der Waals surface area contributed by atoms with Crippen molar-refractivity contribution in [3.05, 3.63) is 64.8 Å². The van der Waals surface area contributed by atoms with Crippen LogP contribution >= 0.6 is 11.3 Å². The number of nitrogens with one attached hydrogen (secondary N) is 1. The number of aromatic carboxylic acids is 1. The summed E-state index contributed by atoms with van der Waals surface area (Å²) in [5, 5.41) is 12.8. The molecule has 7 nitrogen and oxygen atoms in total. The number of nitrogens with zero attached hydrogens (tertiary/aromatic N) is 2. The largest absolute Gasteiger partial charge is 0.477 e. The first-order valence-electron chi connectivity index (χ1n) is 12.7. The predicted molar refractivity (Wildman–Crippen MR) is 147 cm³/mol. The van der Waals surface area contributed by atoms with Crippen molar-refractivity contribution in [3.63, 3.8) is 0 Å². The van der Waals surface area contributed by atoms with Gasteiger partial charge >= 0.3 is 5.97 Å². The maximum atomic E-state index is 13.5.